The molecule has 0 saturated carbocycles. The van der Waals surface area contributed by atoms with Gasteiger partial charge in [-0.3, -0.25) is 9.48 Å². The summed E-state index contributed by atoms with van der Waals surface area (Å²) in [7, 11) is 0. The van der Waals surface area contributed by atoms with Crippen LogP contribution in [0.3, 0.4) is 0 Å². The van der Waals surface area contributed by atoms with Gasteiger partial charge in [0.1, 0.15) is 5.82 Å². The largest absolute Gasteiger partial charge is 0.322 e. The molecule has 0 bridgehead atoms. The van der Waals surface area contributed by atoms with E-state index >= 15 is 0 Å². The van der Waals surface area contributed by atoms with E-state index in [1.165, 1.54) is 35.5 Å². The van der Waals surface area contributed by atoms with Gasteiger partial charge in [0.25, 0.3) is 5.91 Å². The van der Waals surface area contributed by atoms with Crippen molar-refractivity contribution in [1.29, 1.82) is 0 Å². The topological polar surface area (TPSA) is 59.0 Å². The van der Waals surface area contributed by atoms with Crippen molar-refractivity contribution < 1.29 is 9.18 Å². The van der Waals surface area contributed by atoms with Gasteiger partial charge < -0.3 is 10.6 Å². The first-order valence-electron chi connectivity index (χ1n) is 9.78. The third-order valence-electron chi connectivity index (χ3n) is 4.97. The molecule has 0 saturated heterocycles. The average Bonchev–Trinajstić information content (AvgIpc) is 3.10. The number of halogens is 1. The van der Waals surface area contributed by atoms with Gasteiger partial charge in [-0.25, -0.2) is 4.39 Å². The Kier molecular flexibility index (Phi) is 6.44. The molecule has 1 unspecified atom stereocenters. The first-order valence-corrected chi connectivity index (χ1v) is 9.78. The standard InChI is InChI=1S/C23H27FN4O/c1-15(2)28-17(4)22(14-26-28)16(3)25-13-18-5-7-19(8-6-18)23(29)27-21-11-9-20(24)10-12-21/h5-12,14-16,25H,13H2,1-4H3,(H,27,29). The number of hydrogen-bond donors (Lipinski definition) is 2. The van der Waals surface area contributed by atoms with Gasteiger partial charge in [-0.2, -0.15) is 5.10 Å². The molecule has 3 aromatic rings. The van der Waals surface area contributed by atoms with E-state index in [1.807, 2.05) is 23.0 Å². The maximum absolute atomic E-state index is 13.0. The minimum Gasteiger partial charge on any atom is -0.322 e. The van der Waals surface area contributed by atoms with Crippen LogP contribution >= 0.6 is 0 Å². The molecule has 1 aromatic heterocycles. The van der Waals surface area contributed by atoms with E-state index in [4.69, 9.17) is 0 Å². The summed E-state index contributed by atoms with van der Waals surface area (Å²) in [5, 5.41) is 10.7. The van der Waals surface area contributed by atoms with Crippen LogP contribution in [0.25, 0.3) is 0 Å². The average molecular weight is 394 g/mol. The molecule has 0 aliphatic carbocycles. The summed E-state index contributed by atoms with van der Waals surface area (Å²) in [6.45, 7) is 9.15. The number of nitrogens with zero attached hydrogens (tertiary/aromatic N) is 2. The first-order chi connectivity index (χ1) is 13.8. The zero-order chi connectivity index (χ0) is 21.0. The Labute approximate surface area is 170 Å². The van der Waals surface area contributed by atoms with Crippen LogP contribution in [0.4, 0.5) is 10.1 Å². The Bertz CT molecular complexity index is 962. The van der Waals surface area contributed by atoms with Crippen molar-refractivity contribution in [3.05, 3.63) is 82.9 Å². The van der Waals surface area contributed by atoms with Gasteiger partial charge in [0.05, 0.1) is 6.20 Å². The van der Waals surface area contributed by atoms with Gasteiger partial charge in [-0.1, -0.05) is 12.1 Å². The molecule has 1 amide bonds. The van der Waals surface area contributed by atoms with Crippen LogP contribution in [-0.2, 0) is 6.54 Å². The summed E-state index contributed by atoms with van der Waals surface area (Å²) in [5.74, 6) is -0.554. The van der Waals surface area contributed by atoms with E-state index in [2.05, 4.69) is 43.4 Å². The fourth-order valence-corrected chi connectivity index (χ4v) is 3.27. The quantitative estimate of drug-likeness (QED) is 0.592. The molecule has 0 aliphatic heterocycles. The first kappa shape index (κ1) is 20.7. The van der Waals surface area contributed by atoms with E-state index < -0.39 is 0 Å². The molecule has 6 heteroatoms. The smallest absolute Gasteiger partial charge is 0.255 e. The van der Waals surface area contributed by atoms with E-state index in [0.29, 0.717) is 23.8 Å². The number of amides is 1. The fraction of sp³-hybridized carbons (Fsp3) is 0.304. The lowest BCUT2D eigenvalue weighted by molar-refractivity contribution is 0.102. The number of carbonyl (C=O) groups is 1. The maximum Gasteiger partial charge on any atom is 0.255 e. The summed E-state index contributed by atoms with van der Waals surface area (Å²) in [5.41, 5.74) is 4.57. The van der Waals surface area contributed by atoms with Crippen molar-refractivity contribution in [3.8, 4) is 0 Å². The number of benzene rings is 2. The molecule has 0 radical (unpaired) electrons. The third-order valence-corrected chi connectivity index (χ3v) is 4.97. The molecule has 2 N–H and O–H groups in total. The van der Waals surface area contributed by atoms with Crippen LogP contribution in [-0.4, -0.2) is 15.7 Å². The van der Waals surface area contributed by atoms with Crippen molar-refractivity contribution in [2.24, 2.45) is 0 Å². The second-order valence-electron chi connectivity index (χ2n) is 7.48. The molecular formula is C23H27FN4O. The lowest BCUT2D eigenvalue weighted by Crippen LogP contribution is -2.19. The molecule has 1 heterocycles. The maximum atomic E-state index is 13.0. The predicted molar refractivity (Wildman–Crippen MR) is 113 cm³/mol. The van der Waals surface area contributed by atoms with Crippen LogP contribution in [0.1, 0.15) is 60.0 Å². The Morgan fingerprint density at radius 2 is 1.72 bits per heavy atom. The van der Waals surface area contributed by atoms with Crippen LogP contribution in [0.2, 0.25) is 0 Å². The Morgan fingerprint density at radius 3 is 2.31 bits per heavy atom. The van der Waals surface area contributed by atoms with E-state index in [9.17, 15) is 9.18 Å². The normalized spacial score (nSPS) is 12.2. The number of rotatable bonds is 7. The third kappa shape index (κ3) is 5.09. The molecule has 0 spiro atoms. The molecule has 5 nitrogen and oxygen atoms in total. The van der Waals surface area contributed by atoms with Crippen LogP contribution in [0, 0.1) is 12.7 Å². The minimum absolute atomic E-state index is 0.170. The Morgan fingerprint density at radius 1 is 1.07 bits per heavy atom. The summed E-state index contributed by atoms with van der Waals surface area (Å²) >= 11 is 0. The highest BCUT2D eigenvalue weighted by atomic mass is 19.1. The Balaban J connectivity index is 1.57. The second kappa shape index (κ2) is 9.01. The van der Waals surface area contributed by atoms with Crippen molar-refractivity contribution in [3.63, 3.8) is 0 Å². The van der Waals surface area contributed by atoms with Crippen molar-refractivity contribution >= 4 is 11.6 Å². The van der Waals surface area contributed by atoms with Crippen LogP contribution in [0.5, 0.6) is 0 Å². The fourth-order valence-electron chi connectivity index (χ4n) is 3.27. The molecule has 2 aromatic carbocycles. The van der Waals surface area contributed by atoms with Gasteiger partial charge in [-0.15, -0.1) is 0 Å². The summed E-state index contributed by atoms with van der Waals surface area (Å²) in [6.07, 6.45) is 1.93. The van der Waals surface area contributed by atoms with Gasteiger partial charge in [0.15, 0.2) is 0 Å². The number of aromatic nitrogens is 2. The highest BCUT2D eigenvalue weighted by molar-refractivity contribution is 6.04. The SMILES string of the molecule is Cc1c(C(C)NCc2ccc(C(=O)Nc3ccc(F)cc3)cc2)cnn1C(C)C. The van der Waals surface area contributed by atoms with Gasteiger partial charge in [0.2, 0.25) is 0 Å². The van der Waals surface area contributed by atoms with E-state index in [1.54, 1.807) is 12.1 Å². The molecule has 29 heavy (non-hydrogen) atoms. The van der Waals surface area contributed by atoms with Crippen molar-refractivity contribution in [2.45, 2.75) is 46.3 Å². The molecule has 152 valence electrons. The number of nitrogens with one attached hydrogen (secondary N) is 2. The Hall–Kier alpha value is -2.99. The zero-order valence-corrected chi connectivity index (χ0v) is 17.2. The molecule has 0 fully saturated rings. The van der Waals surface area contributed by atoms with Crippen LogP contribution in [0.15, 0.2) is 54.7 Å². The number of hydrogen-bond acceptors (Lipinski definition) is 3. The molecule has 3 rings (SSSR count). The molecule has 0 aliphatic rings. The van der Waals surface area contributed by atoms with Gasteiger partial charge in [0, 0.05) is 41.1 Å². The number of anilines is 1. The number of carbonyl (C=O) groups excluding carboxylic acids is 1. The highest BCUT2D eigenvalue weighted by Crippen LogP contribution is 2.20. The molecular weight excluding hydrogens is 367 g/mol. The highest BCUT2D eigenvalue weighted by Gasteiger charge is 2.14. The van der Waals surface area contributed by atoms with Gasteiger partial charge in [-0.05, 0) is 69.7 Å². The van der Waals surface area contributed by atoms with Crippen LogP contribution < -0.4 is 10.6 Å². The predicted octanol–water partition coefficient (Wildman–Crippen LogP) is 5.01. The van der Waals surface area contributed by atoms with E-state index in [0.717, 1.165) is 5.56 Å². The lowest BCUT2D eigenvalue weighted by Gasteiger charge is -2.15. The van der Waals surface area contributed by atoms with Crippen molar-refractivity contribution in [2.75, 3.05) is 5.32 Å². The van der Waals surface area contributed by atoms with Crippen molar-refractivity contribution in [1.82, 2.24) is 15.1 Å². The zero-order valence-electron chi connectivity index (χ0n) is 17.2. The minimum atomic E-state index is -0.333. The summed E-state index contributed by atoms with van der Waals surface area (Å²) in [6, 6.07) is 13.7. The summed E-state index contributed by atoms with van der Waals surface area (Å²) < 4.78 is 15.0. The lowest BCUT2D eigenvalue weighted by atomic mass is 10.1. The van der Waals surface area contributed by atoms with Gasteiger partial charge >= 0.3 is 0 Å². The summed E-state index contributed by atoms with van der Waals surface area (Å²) in [4.78, 5) is 12.3. The van der Waals surface area contributed by atoms with E-state index in [-0.39, 0.29) is 17.8 Å². The second-order valence-corrected chi connectivity index (χ2v) is 7.48. The molecule has 1 atom stereocenters. The monoisotopic (exact) mass is 394 g/mol.